The number of nitrogens with one attached hydrogen (secondary N) is 1. The lowest BCUT2D eigenvalue weighted by atomic mass is 9.99. The summed E-state index contributed by atoms with van der Waals surface area (Å²) in [5, 5.41) is 2.86. The molecule has 1 atom stereocenters. The molecule has 6 nitrogen and oxygen atoms in total. The Morgan fingerprint density at radius 1 is 1.16 bits per heavy atom. The Morgan fingerprint density at radius 2 is 1.84 bits per heavy atom. The van der Waals surface area contributed by atoms with Crippen LogP contribution in [0.2, 0.25) is 0 Å². The molecule has 0 spiro atoms. The topological polar surface area (TPSA) is 75.7 Å². The third kappa shape index (κ3) is 8.77. The zero-order valence-corrected chi connectivity index (χ0v) is 23.6. The molecule has 2 aromatic carbocycles. The second-order valence-corrected chi connectivity index (χ2v) is 11.1. The van der Waals surface area contributed by atoms with Crippen molar-refractivity contribution in [2.45, 2.75) is 51.5 Å². The summed E-state index contributed by atoms with van der Waals surface area (Å²) in [5.74, 6) is -1.21. The fraction of sp³-hybridized carbons (Fsp3) is 0.414. The lowest BCUT2D eigenvalue weighted by Gasteiger charge is -2.26. The predicted molar refractivity (Wildman–Crippen MR) is 148 cm³/mol. The van der Waals surface area contributed by atoms with Gasteiger partial charge in [-0.1, -0.05) is 31.2 Å². The predicted octanol–water partition coefficient (Wildman–Crippen LogP) is 5.91. The highest BCUT2D eigenvalue weighted by molar-refractivity contribution is 7.91. The van der Waals surface area contributed by atoms with Crippen molar-refractivity contribution in [1.29, 1.82) is 0 Å². The lowest BCUT2D eigenvalue weighted by Crippen LogP contribution is -2.35. The molecule has 0 heterocycles. The van der Waals surface area contributed by atoms with E-state index in [-0.39, 0.29) is 41.1 Å². The summed E-state index contributed by atoms with van der Waals surface area (Å²) >= 11 is 0. The van der Waals surface area contributed by atoms with Crippen LogP contribution in [-0.4, -0.2) is 57.8 Å². The summed E-state index contributed by atoms with van der Waals surface area (Å²) in [5.41, 5.74) is 2.07. The van der Waals surface area contributed by atoms with Gasteiger partial charge in [-0.15, -0.1) is 0 Å². The molecule has 1 unspecified atom stereocenters. The van der Waals surface area contributed by atoms with Crippen LogP contribution >= 0.6 is 0 Å². The molecule has 0 saturated heterocycles. The molecule has 0 aliphatic rings. The van der Waals surface area contributed by atoms with E-state index in [1.807, 2.05) is 31.7 Å². The van der Waals surface area contributed by atoms with Crippen LogP contribution in [0.25, 0.3) is 11.1 Å². The number of methoxy groups -OCH3 is 1. The van der Waals surface area contributed by atoms with Crippen molar-refractivity contribution in [3.05, 3.63) is 77.5 Å². The SMILES string of the molecule is C/C=C(\C/C(F)=C\CC(C)OC)N(CC)CCNC(=O)c1cc(S(=O)(=O)CC)ccc1-c1ccc(F)cc1. The number of benzene rings is 2. The van der Waals surface area contributed by atoms with Crippen molar-refractivity contribution in [2.75, 3.05) is 32.5 Å². The molecular weight excluding hydrogens is 510 g/mol. The zero-order chi connectivity index (χ0) is 28.3. The van der Waals surface area contributed by atoms with Crippen LogP contribution in [0.5, 0.6) is 0 Å². The monoisotopic (exact) mass is 548 g/mol. The van der Waals surface area contributed by atoms with Crippen molar-refractivity contribution in [3.63, 3.8) is 0 Å². The largest absolute Gasteiger partial charge is 0.381 e. The number of amides is 1. The average molecular weight is 549 g/mol. The van der Waals surface area contributed by atoms with Crippen molar-refractivity contribution in [1.82, 2.24) is 10.2 Å². The Balaban J connectivity index is 2.20. The molecule has 2 aromatic rings. The van der Waals surface area contributed by atoms with Crippen molar-refractivity contribution >= 4 is 15.7 Å². The molecule has 0 aliphatic heterocycles. The molecule has 1 amide bonds. The molecule has 38 heavy (non-hydrogen) atoms. The van der Waals surface area contributed by atoms with E-state index in [4.69, 9.17) is 4.74 Å². The van der Waals surface area contributed by atoms with E-state index in [1.54, 1.807) is 25.3 Å². The number of sulfone groups is 1. The normalized spacial score (nSPS) is 13.3. The molecule has 0 radical (unpaired) electrons. The van der Waals surface area contributed by atoms with E-state index in [0.29, 0.717) is 30.6 Å². The number of carbonyl (C=O) groups excluding carboxylic acids is 1. The van der Waals surface area contributed by atoms with Crippen LogP contribution in [0.15, 0.2) is 71.0 Å². The first kappa shape index (κ1) is 31.2. The molecule has 0 saturated carbocycles. The first-order valence-electron chi connectivity index (χ1n) is 12.7. The third-order valence-electron chi connectivity index (χ3n) is 6.34. The molecule has 0 aliphatic carbocycles. The number of halogens is 2. The number of rotatable bonds is 14. The van der Waals surface area contributed by atoms with Crippen LogP contribution in [0, 0.1) is 5.82 Å². The van der Waals surface area contributed by atoms with Gasteiger partial charge in [0.1, 0.15) is 11.6 Å². The first-order chi connectivity index (χ1) is 18.1. The third-order valence-corrected chi connectivity index (χ3v) is 8.07. The van der Waals surface area contributed by atoms with Gasteiger partial charge in [0.2, 0.25) is 0 Å². The van der Waals surface area contributed by atoms with Crippen LogP contribution in [-0.2, 0) is 14.6 Å². The minimum absolute atomic E-state index is 0.0486. The highest BCUT2D eigenvalue weighted by Gasteiger charge is 2.19. The molecule has 208 valence electrons. The Hall–Kier alpha value is -3.04. The van der Waals surface area contributed by atoms with Gasteiger partial charge in [0.05, 0.1) is 16.8 Å². The maximum absolute atomic E-state index is 14.5. The molecule has 0 aromatic heterocycles. The van der Waals surface area contributed by atoms with Gasteiger partial charge < -0.3 is 15.0 Å². The minimum Gasteiger partial charge on any atom is -0.381 e. The fourth-order valence-corrected chi connectivity index (χ4v) is 4.79. The maximum Gasteiger partial charge on any atom is 0.252 e. The molecule has 2 rings (SSSR count). The number of nitrogens with zero attached hydrogens (tertiary/aromatic N) is 1. The van der Waals surface area contributed by atoms with E-state index >= 15 is 0 Å². The van der Waals surface area contributed by atoms with Gasteiger partial charge in [0.15, 0.2) is 9.84 Å². The van der Waals surface area contributed by atoms with E-state index in [2.05, 4.69) is 5.32 Å². The smallest absolute Gasteiger partial charge is 0.252 e. The highest BCUT2D eigenvalue weighted by atomic mass is 32.2. The summed E-state index contributed by atoms with van der Waals surface area (Å²) in [4.78, 5) is 15.3. The molecule has 9 heteroatoms. The Kier molecular flexibility index (Phi) is 12.1. The van der Waals surface area contributed by atoms with Gasteiger partial charge in [-0.25, -0.2) is 17.2 Å². The summed E-state index contributed by atoms with van der Waals surface area (Å²) < 4.78 is 58.1. The summed E-state index contributed by atoms with van der Waals surface area (Å²) in [6.07, 6.45) is 3.93. The first-order valence-corrected chi connectivity index (χ1v) is 14.4. The Labute approximate surface area is 225 Å². The van der Waals surface area contributed by atoms with Gasteiger partial charge in [-0.3, -0.25) is 4.79 Å². The number of carbonyl (C=O) groups is 1. The van der Waals surface area contributed by atoms with Gasteiger partial charge in [-0.2, -0.15) is 0 Å². The van der Waals surface area contributed by atoms with E-state index in [0.717, 1.165) is 5.70 Å². The minimum atomic E-state index is -3.54. The second kappa shape index (κ2) is 14.8. The van der Waals surface area contributed by atoms with Crippen molar-refractivity contribution < 1.29 is 26.7 Å². The van der Waals surface area contributed by atoms with Crippen LogP contribution in [0.3, 0.4) is 0 Å². The molecular formula is C29H38F2N2O4S. The Morgan fingerprint density at radius 3 is 2.42 bits per heavy atom. The second-order valence-electron chi connectivity index (χ2n) is 8.84. The van der Waals surface area contributed by atoms with Crippen molar-refractivity contribution in [3.8, 4) is 11.1 Å². The highest BCUT2D eigenvalue weighted by Crippen LogP contribution is 2.27. The van der Waals surface area contributed by atoms with E-state index in [9.17, 15) is 22.0 Å². The number of ether oxygens (including phenoxy) is 1. The summed E-state index contributed by atoms with van der Waals surface area (Å²) in [6, 6.07) is 10.1. The fourth-order valence-electron chi connectivity index (χ4n) is 3.89. The molecule has 0 bridgehead atoms. The summed E-state index contributed by atoms with van der Waals surface area (Å²) in [6.45, 7) is 8.50. The quantitative estimate of drug-likeness (QED) is 0.318. The van der Waals surface area contributed by atoms with Gasteiger partial charge >= 0.3 is 0 Å². The van der Waals surface area contributed by atoms with Gasteiger partial charge in [0, 0.05) is 44.4 Å². The van der Waals surface area contributed by atoms with Gasteiger partial charge in [-0.05, 0) is 68.7 Å². The zero-order valence-electron chi connectivity index (χ0n) is 22.8. The van der Waals surface area contributed by atoms with Crippen LogP contribution in [0.4, 0.5) is 8.78 Å². The number of allylic oxidation sites excluding steroid dienone is 2. The van der Waals surface area contributed by atoms with Crippen LogP contribution < -0.4 is 5.32 Å². The van der Waals surface area contributed by atoms with Crippen LogP contribution in [0.1, 0.15) is 50.9 Å². The maximum atomic E-state index is 14.5. The number of hydrogen-bond acceptors (Lipinski definition) is 5. The number of likely N-dealkylation sites (N-methyl/N-ethyl adjacent to an activating group) is 1. The lowest BCUT2D eigenvalue weighted by molar-refractivity contribution is 0.0950. The molecule has 0 fully saturated rings. The van der Waals surface area contributed by atoms with Crippen molar-refractivity contribution in [2.24, 2.45) is 0 Å². The summed E-state index contributed by atoms with van der Waals surface area (Å²) in [7, 11) is -1.95. The van der Waals surface area contributed by atoms with E-state index < -0.39 is 21.6 Å². The standard InChI is InChI=1S/C29H38F2N2O4S/c1-6-25(19-24(31)12-9-21(4)37-5)33(7-2)18-17-32-29(34)28-20-26(38(35,36)8-3)15-16-27(28)22-10-13-23(30)14-11-22/h6,10-16,20-21H,7-9,17-19H2,1-5H3,(H,32,34)/b24-12+,25-6+. The number of hydrogen-bond donors (Lipinski definition) is 1. The Bertz CT molecular complexity index is 1240. The van der Waals surface area contributed by atoms with Gasteiger partial charge in [0.25, 0.3) is 5.91 Å². The molecule has 1 N–H and O–H groups in total. The average Bonchev–Trinajstić information content (AvgIpc) is 2.92. The van der Waals surface area contributed by atoms with E-state index in [1.165, 1.54) is 37.3 Å².